The zero-order valence-electron chi connectivity index (χ0n) is 18.3. The van der Waals surface area contributed by atoms with E-state index in [1.54, 1.807) is 25.4 Å². The van der Waals surface area contributed by atoms with Gasteiger partial charge in [0.1, 0.15) is 5.82 Å². The number of ether oxygens (including phenoxy) is 1. The molecule has 32 heavy (non-hydrogen) atoms. The maximum Gasteiger partial charge on any atom is 0.305 e. The van der Waals surface area contributed by atoms with Crippen LogP contribution in [0.2, 0.25) is 0 Å². The van der Waals surface area contributed by atoms with Crippen LogP contribution in [0.3, 0.4) is 0 Å². The van der Waals surface area contributed by atoms with Gasteiger partial charge in [-0.25, -0.2) is 9.97 Å². The third-order valence-electron chi connectivity index (χ3n) is 5.48. The number of nitrogens with two attached hydrogens (primary N) is 1. The molecule has 0 aliphatic heterocycles. The largest absolute Gasteiger partial charge is 0.481 e. The molecule has 0 spiro atoms. The Morgan fingerprint density at radius 2 is 1.97 bits per heavy atom. The van der Waals surface area contributed by atoms with E-state index in [4.69, 9.17) is 10.5 Å². The summed E-state index contributed by atoms with van der Waals surface area (Å²) in [4.78, 5) is 34.3. The molecule has 8 nitrogen and oxygen atoms in total. The number of nitrogens with zero attached hydrogens (tertiary/aromatic N) is 3. The molecular weight excluding hydrogens is 408 g/mol. The number of unbranched alkanes of at least 4 members (excludes halogenated alkanes) is 1. The first-order valence-corrected chi connectivity index (χ1v) is 10.5. The lowest BCUT2D eigenvalue weighted by Gasteiger charge is -2.27. The number of aryl methyl sites for hydroxylation is 1. The lowest BCUT2D eigenvalue weighted by molar-refractivity contribution is -0.140. The van der Waals surface area contributed by atoms with E-state index in [9.17, 15) is 14.7 Å². The number of fused-ring (bicyclic) bond motifs is 1. The molecule has 0 saturated carbocycles. The van der Waals surface area contributed by atoms with E-state index in [1.165, 1.54) is 12.0 Å². The number of carboxylic acid groups (broad SMARTS) is 1. The smallest absolute Gasteiger partial charge is 0.305 e. The summed E-state index contributed by atoms with van der Waals surface area (Å²) in [6.45, 7) is 0. The van der Waals surface area contributed by atoms with Crippen LogP contribution in [-0.4, -0.2) is 46.0 Å². The van der Waals surface area contributed by atoms with Crippen molar-refractivity contribution in [3.05, 3.63) is 59.9 Å². The van der Waals surface area contributed by atoms with E-state index in [0.29, 0.717) is 36.5 Å². The maximum absolute atomic E-state index is 12.8. The summed E-state index contributed by atoms with van der Waals surface area (Å²) in [5.41, 5.74) is 7.51. The number of methoxy groups -OCH3 is 1. The van der Waals surface area contributed by atoms with Gasteiger partial charge in [-0.2, -0.15) is 0 Å². The fourth-order valence-electron chi connectivity index (χ4n) is 3.76. The van der Waals surface area contributed by atoms with Gasteiger partial charge in [-0.05, 0) is 36.3 Å². The summed E-state index contributed by atoms with van der Waals surface area (Å²) < 4.78 is 5.05. The third kappa shape index (κ3) is 5.72. The van der Waals surface area contributed by atoms with E-state index < -0.39 is 12.0 Å². The lowest BCUT2D eigenvalue weighted by atomic mass is 10.0. The number of hydrogen-bond donors (Lipinski definition) is 2. The number of pyridine rings is 2. The van der Waals surface area contributed by atoms with Gasteiger partial charge in [-0.3, -0.25) is 9.59 Å². The molecule has 8 heteroatoms. The molecule has 2 heterocycles. The Morgan fingerprint density at radius 3 is 2.66 bits per heavy atom. The summed E-state index contributed by atoms with van der Waals surface area (Å²) in [7, 11) is 3.14. The van der Waals surface area contributed by atoms with E-state index in [1.807, 2.05) is 30.3 Å². The number of nitrogen functional groups attached to an aromatic ring is 1. The molecule has 2 aromatic heterocycles. The summed E-state index contributed by atoms with van der Waals surface area (Å²) >= 11 is 0. The second-order valence-electron chi connectivity index (χ2n) is 7.67. The molecule has 0 bridgehead atoms. The lowest BCUT2D eigenvalue weighted by Crippen LogP contribution is -2.32. The van der Waals surface area contributed by atoms with Gasteiger partial charge in [0.2, 0.25) is 11.8 Å². The van der Waals surface area contributed by atoms with E-state index in [-0.39, 0.29) is 12.3 Å². The van der Waals surface area contributed by atoms with Crippen molar-refractivity contribution in [2.45, 2.75) is 38.1 Å². The van der Waals surface area contributed by atoms with Crippen LogP contribution in [0.25, 0.3) is 10.8 Å². The molecule has 1 amide bonds. The summed E-state index contributed by atoms with van der Waals surface area (Å²) in [5, 5.41) is 11.4. The van der Waals surface area contributed by atoms with Crippen LogP contribution in [0.15, 0.2) is 48.7 Å². The molecule has 3 rings (SSSR count). The molecule has 1 atom stereocenters. The second kappa shape index (κ2) is 10.6. The number of benzene rings is 1. The van der Waals surface area contributed by atoms with Crippen LogP contribution >= 0.6 is 0 Å². The first-order chi connectivity index (χ1) is 15.4. The summed E-state index contributed by atoms with van der Waals surface area (Å²) in [6.07, 6.45) is 3.81. The topological polar surface area (TPSA) is 119 Å². The molecular formula is C24H28N4O4. The van der Waals surface area contributed by atoms with Crippen molar-refractivity contribution in [3.63, 3.8) is 0 Å². The molecule has 0 aliphatic carbocycles. The molecule has 0 fully saturated rings. The molecule has 3 N–H and O–H groups in total. The van der Waals surface area contributed by atoms with Crippen LogP contribution in [0, 0.1) is 0 Å². The number of carbonyl (C=O) groups is 2. The van der Waals surface area contributed by atoms with Gasteiger partial charge in [0, 0.05) is 31.1 Å². The van der Waals surface area contributed by atoms with Crippen molar-refractivity contribution in [1.82, 2.24) is 14.9 Å². The molecule has 0 aliphatic rings. The highest BCUT2D eigenvalue weighted by atomic mass is 16.5. The predicted octanol–water partition coefficient (Wildman–Crippen LogP) is 3.61. The number of anilines is 1. The fraction of sp³-hybridized carbons (Fsp3) is 0.333. The normalized spacial score (nSPS) is 11.8. The SMILES string of the molecule is COc1ccc([C@H](CC(=O)O)N(C)C(=O)CCCCc2nc(N)cc3ccccc23)cn1. The van der Waals surface area contributed by atoms with Gasteiger partial charge >= 0.3 is 5.97 Å². The van der Waals surface area contributed by atoms with Crippen molar-refractivity contribution < 1.29 is 19.4 Å². The van der Waals surface area contributed by atoms with Gasteiger partial charge in [-0.15, -0.1) is 0 Å². The van der Waals surface area contributed by atoms with Gasteiger partial charge in [0.25, 0.3) is 0 Å². The van der Waals surface area contributed by atoms with Crippen LogP contribution in [0.4, 0.5) is 5.82 Å². The van der Waals surface area contributed by atoms with Gasteiger partial charge in [0.15, 0.2) is 0 Å². The zero-order chi connectivity index (χ0) is 23.1. The quantitative estimate of drug-likeness (QED) is 0.466. The van der Waals surface area contributed by atoms with Gasteiger partial charge in [-0.1, -0.05) is 30.3 Å². The zero-order valence-corrected chi connectivity index (χ0v) is 18.3. The third-order valence-corrected chi connectivity index (χ3v) is 5.48. The van der Waals surface area contributed by atoms with Crippen LogP contribution < -0.4 is 10.5 Å². The number of hydrogen-bond acceptors (Lipinski definition) is 6. The Bertz CT molecular complexity index is 1090. The van der Waals surface area contributed by atoms with Gasteiger partial charge in [0.05, 0.1) is 25.3 Å². The number of rotatable bonds is 10. The molecule has 0 unspecified atom stereocenters. The van der Waals surface area contributed by atoms with Crippen LogP contribution in [0.5, 0.6) is 5.88 Å². The Labute approximate surface area is 187 Å². The van der Waals surface area contributed by atoms with Crippen molar-refractivity contribution in [1.29, 1.82) is 0 Å². The summed E-state index contributed by atoms with van der Waals surface area (Å²) in [6, 6.07) is 12.6. The predicted molar refractivity (Wildman–Crippen MR) is 122 cm³/mol. The maximum atomic E-state index is 12.8. The standard InChI is InChI=1S/C24H28N4O4/c1-28(20(14-24(30)31)17-11-12-22(32-2)26-15-17)23(29)10-6-5-9-19-18-8-4-3-7-16(18)13-21(25)27-19/h3-4,7-8,11-13,15,20H,5-6,9-10,14H2,1-2H3,(H2,25,27)(H,30,31)/t20-/m0/s1. The van der Waals surface area contributed by atoms with Crippen molar-refractivity contribution in [2.75, 3.05) is 19.9 Å². The molecule has 168 valence electrons. The highest BCUT2D eigenvalue weighted by Gasteiger charge is 2.24. The number of aromatic nitrogens is 2. The monoisotopic (exact) mass is 436 g/mol. The van der Waals surface area contributed by atoms with E-state index in [2.05, 4.69) is 9.97 Å². The summed E-state index contributed by atoms with van der Waals surface area (Å²) in [5.74, 6) is -0.179. The Hall–Kier alpha value is -3.68. The average Bonchev–Trinajstić information content (AvgIpc) is 2.79. The second-order valence-corrected chi connectivity index (χ2v) is 7.67. The van der Waals surface area contributed by atoms with Crippen LogP contribution in [-0.2, 0) is 16.0 Å². The number of aliphatic carboxylic acids is 1. The molecule has 0 radical (unpaired) electrons. The van der Waals surface area contributed by atoms with E-state index >= 15 is 0 Å². The van der Waals surface area contributed by atoms with Crippen LogP contribution in [0.1, 0.15) is 43.0 Å². The first kappa shape index (κ1) is 23.0. The highest BCUT2D eigenvalue weighted by molar-refractivity contribution is 5.86. The molecule has 1 aromatic carbocycles. The van der Waals surface area contributed by atoms with Crippen molar-refractivity contribution >= 4 is 28.5 Å². The average molecular weight is 437 g/mol. The number of amides is 1. The minimum absolute atomic E-state index is 0.113. The number of carbonyl (C=O) groups excluding carboxylic acids is 1. The van der Waals surface area contributed by atoms with Crippen molar-refractivity contribution in [3.8, 4) is 5.88 Å². The minimum atomic E-state index is -0.981. The fourth-order valence-corrected chi connectivity index (χ4v) is 3.76. The Morgan fingerprint density at radius 1 is 1.19 bits per heavy atom. The Balaban J connectivity index is 1.61. The minimum Gasteiger partial charge on any atom is -0.481 e. The Kier molecular flexibility index (Phi) is 7.59. The van der Waals surface area contributed by atoms with Gasteiger partial charge < -0.3 is 20.5 Å². The first-order valence-electron chi connectivity index (χ1n) is 10.5. The highest BCUT2D eigenvalue weighted by Crippen LogP contribution is 2.25. The molecule has 3 aromatic rings. The van der Waals surface area contributed by atoms with E-state index in [0.717, 1.165) is 22.9 Å². The molecule has 0 saturated heterocycles. The number of carboxylic acids is 1. The van der Waals surface area contributed by atoms with Crippen molar-refractivity contribution in [2.24, 2.45) is 0 Å².